The first kappa shape index (κ1) is 15.7. The van der Waals surface area contributed by atoms with Gasteiger partial charge in [0.2, 0.25) is 0 Å². The average Bonchev–Trinajstić information content (AvgIpc) is 3.34. The number of carbonyl (C=O) groups is 1. The number of nitrogens with zero attached hydrogens (tertiary/aromatic N) is 2. The fraction of sp³-hybridized carbons (Fsp3) is 0.158. The van der Waals surface area contributed by atoms with Gasteiger partial charge in [-0.1, -0.05) is 11.3 Å². The number of nitrogens with one attached hydrogen (secondary N) is 1. The van der Waals surface area contributed by atoms with E-state index >= 15 is 0 Å². The molecule has 1 N–H and O–H groups in total. The lowest BCUT2D eigenvalue weighted by atomic mass is 10.1. The lowest BCUT2D eigenvalue weighted by molar-refractivity contribution is 0.0939. The quantitative estimate of drug-likeness (QED) is 0.590. The molecule has 3 heterocycles. The minimum Gasteiger partial charge on any atom is -0.469 e. The van der Waals surface area contributed by atoms with Gasteiger partial charge in [-0.15, -0.1) is 0 Å². The number of rotatable bonds is 5. The molecule has 0 spiro atoms. The van der Waals surface area contributed by atoms with Crippen molar-refractivity contribution in [2.45, 2.75) is 19.4 Å². The van der Waals surface area contributed by atoms with Crippen LogP contribution in [0.4, 0.5) is 0 Å². The molecule has 4 aromatic rings. The summed E-state index contributed by atoms with van der Waals surface area (Å²) in [5.41, 5.74) is 1.54. The first-order chi connectivity index (χ1) is 12.2. The van der Waals surface area contributed by atoms with Crippen LogP contribution in [0.5, 0.6) is 0 Å². The third-order valence-corrected chi connectivity index (χ3v) is 4.96. The van der Waals surface area contributed by atoms with Crippen LogP contribution < -0.4 is 5.32 Å². The van der Waals surface area contributed by atoms with Crippen molar-refractivity contribution in [1.82, 2.24) is 14.9 Å². The highest BCUT2D eigenvalue weighted by atomic mass is 32.1. The zero-order valence-electron chi connectivity index (χ0n) is 13.7. The van der Waals surface area contributed by atoms with Crippen LogP contribution in [0.1, 0.15) is 23.0 Å². The van der Waals surface area contributed by atoms with Gasteiger partial charge >= 0.3 is 0 Å². The summed E-state index contributed by atoms with van der Waals surface area (Å²) in [4.78, 5) is 17.1. The van der Waals surface area contributed by atoms with E-state index in [4.69, 9.17) is 4.42 Å². The van der Waals surface area contributed by atoms with E-state index in [1.807, 2.05) is 66.3 Å². The molecule has 0 aliphatic carbocycles. The molecular formula is C19H17N3O2S. The molecule has 0 fully saturated rings. The zero-order chi connectivity index (χ0) is 17.2. The third-order valence-electron chi connectivity index (χ3n) is 3.93. The molecule has 0 bridgehead atoms. The van der Waals surface area contributed by atoms with Crippen molar-refractivity contribution in [3.8, 4) is 5.13 Å². The van der Waals surface area contributed by atoms with Gasteiger partial charge in [-0.3, -0.25) is 4.79 Å². The van der Waals surface area contributed by atoms with Crippen molar-refractivity contribution >= 4 is 27.5 Å². The van der Waals surface area contributed by atoms with Gasteiger partial charge in [0, 0.05) is 30.4 Å². The van der Waals surface area contributed by atoms with E-state index in [1.54, 1.807) is 17.6 Å². The van der Waals surface area contributed by atoms with E-state index in [9.17, 15) is 4.79 Å². The number of hydrogen-bond donors (Lipinski definition) is 1. The Labute approximate surface area is 148 Å². The van der Waals surface area contributed by atoms with E-state index < -0.39 is 0 Å². The van der Waals surface area contributed by atoms with Crippen molar-refractivity contribution in [2.24, 2.45) is 0 Å². The Morgan fingerprint density at radius 2 is 2.12 bits per heavy atom. The maximum atomic E-state index is 12.5. The predicted molar refractivity (Wildman–Crippen MR) is 98.3 cm³/mol. The molecule has 1 aromatic carbocycles. The molecule has 3 aromatic heterocycles. The van der Waals surface area contributed by atoms with E-state index in [0.29, 0.717) is 12.0 Å². The molecule has 126 valence electrons. The third kappa shape index (κ3) is 3.34. The van der Waals surface area contributed by atoms with Crippen molar-refractivity contribution in [1.29, 1.82) is 0 Å². The minimum atomic E-state index is -0.0862. The van der Waals surface area contributed by atoms with E-state index in [1.165, 1.54) is 0 Å². The summed E-state index contributed by atoms with van der Waals surface area (Å²) in [6.45, 7) is 1.97. The van der Waals surface area contributed by atoms with Crippen LogP contribution in [0.25, 0.3) is 15.3 Å². The maximum Gasteiger partial charge on any atom is 0.251 e. The Balaban J connectivity index is 1.51. The Kier molecular flexibility index (Phi) is 4.11. The first-order valence-electron chi connectivity index (χ1n) is 8.06. The van der Waals surface area contributed by atoms with Crippen molar-refractivity contribution in [2.75, 3.05) is 0 Å². The highest BCUT2D eigenvalue weighted by molar-refractivity contribution is 7.20. The summed E-state index contributed by atoms with van der Waals surface area (Å²) in [5, 5.41) is 3.91. The van der Waals surface area contributed by atoms with E-state index in [-0.39, 0.29) is 11.9 Å². The molecule has 5 nitrogen and oxygen atoms in total. The molecule has 6 heteroatoms. The summed E-state index contributed by atoms with van der Waals surface area (Å²) in [5.74, 6) is 0.777. The number of carbonyl (C=O) groups excluding carboxylic acids is 1. The summed E-state index contributed by atoms with van der Waals surface area (Å²) in [7, 11) is 0. The minimum absolute atomic E-state index is 0.00811. The highest BCUT2D eigenvalue weighted by Gasteiger charge is 2.13. The second-order valence-electron chi connectivity index (χ2n) is 5.93. The van der Waals surface area contributed by atoms with Crippen LogP contribution in [0.2, 0.25) is 0 Å². The summed E-state index contributed by atoms with van der Waals surface area (Å²) < 4.78 is 8.29. The number of furan rings is 1. The van der Waals surface area contributed by atoms with Gasteiger partial charge in [-0.25, -0.2) is 4.98 Å². The molecule has 1 amide bonds. The molecule has 25 heavy (non-hydrogen) atoms. The molecule has 0 aliphatic heterocycles. The lowest BCUT2D eigenvalue weighted by Gasteiger charge is -2.12. The lowest BCUT2D eigenvalue weighted by Crippen LogP contribution is -2.33. The van der Waals surface area contributed by atoms with Gasteiger partial charge in [-0.05, 0) is 49.4 Å². The van der Waals surface area contributed by atoms with Crippen LogP contribution in [0.15, 0.2) is 65.5 Å². The summed E-state index contributed by atoms with van der Waals surface area (Å²) in [6.07, 6.45) is 6.23. The largest absolute Gasteiger partial charge is 0.469 e. The van der Waals surface area contributed by atoms with E-state index in [0.717, 1.165) is 21.1 Å². The van der Waals surface area contributed by atoms with Gasteiger partial charge < -0.3 is 14.3 Å². The standard InChI is InChI=1S/C19H17N3O2S/c1-13(11-15-5-4-10-24-15)20-18(23)14-6-7-16-17(12-14)25-19(21-16)22-8-2-3-9-22/h2-10,12-13H,11H2,1H3,(H,20,23)/t13-/m0/s1. The molecule has 0 radical (unpaired) electrons. The first-order valence-corrected chi connectivity index (χ1v) is 8.88. The number of aromatic nitrogens is 2. The Morgan fingerprint density at radius 3 is 2.88 bits per heavy atom. The highest BCUT2D eigenvalue weighted by Crippen LogP contribution is 2.26. The topological polar surface area (TPSA) is 60.1 Å². The molecule has 0 saturated heterocycles. The summed E-state index contributed by atoms with van der Waals surface area (Å²) in [6, 6.07) is 13.3. The number of hydrogen-bond acceptors (Lipinski definition) is 4. The Morgan fingerprint density at radius 1 is 1.28 bits per heavy atom. The van der Waals surface area contributed by atoms with Gasteiger partial charge in [0.05, 0.1) is 16.5 Å². The number of benzene rings is 1. The molecule has 4 rings (SSSR count). The van der Waals surface area contributed by atoms with Crippen LogP contribution >= 0.6 is 11.3 Å². The fourth-order valence-electron chi connectivity index (χ4n) is 2.71. The van der Waals surface area contributed by atoms with Crippen LogP contribution in [0.3, 0.4) is 0 Å². The van der Waals surface area contributed by atoms with Crippen molar-refractivity contribution in [3.05, 3.63) is 72.4 Å². The molecule has 0 unspecified atom stereocenters. The second-order valence-corrected chi connectivity index (χ2v) is 6.94. The smallest absolute Gasteiger partial charge is 0.251 e. The zero-order valence-corrected chi connectivity index (χ0v) is 14.5. The Bertz CT molecular complexity index is 987. The van der Waals surface area contributed by atoms with E-state index in [2.05, 4.69) is 10.3 Å². The monoisotopic (exact) mass is 351 g/mol. The van der Waals surface area contributed by atoms with Crippen molar-refractivity contribution in [3.63, 3.8) is 0 Å². The maximum absolute atomic E-state index is 12.5. The summed E-state index contributed by atoms with van der Waals surface area (Å²) >= 11 is 1.57. The van der Waals surface area contributed by atoms with Gasteiger partial charge in [-0.2, -0.15) is 0 Å². The van der Waals surface area contributed by atoms with Crippen LogP contribution in [0, 0.1) is 0 Å². The van der Waals surface area contributed by atoms with Crippen LogP contribution in [-0.4, -0.2) is 21.5 Å². The normalized spacial score (nSPS) is 12.4. The number of amides is 1. The van der Waals surface area contributed by atoms with Gasteiger partial charge in [0.15, 0.2) is 5.13 Å². The average molecular weight is 351 g/mol. The predicted octanol–water partition coefficient (Wildman–Crippen LogP) is 4.04. The molecule has 0 aliphatic rings. The van der Waals surface area contributed by atoms with Gasteiger partial charge in [0.25, 0.3) is 5.91 Å². The number of thiazole rings is 1. The Hall–Kier alpha value is -2.86. The second kappa shape index (κ2) is 6.57. The molecular weight excluding hydrogens is 334 g/mol. The number of fused-ring (bicyclic) bond motifs is 1. The van der Waals surface area contributed by atoms with Crippen molar-refractivity contribution < 1.29 is 9.21 Å². The fourth-order valence-corrected chi connectivity index (χ4v) is 3.69. The van der Waals surface area contributed by atoms with Crippen LogP contribution in [-0.2, 0) is 6.42 Å². The molecule has 1 atom stereocenters. The SMILES string of the molecule is C[C@@H](Cc1ccco1)NC(=O)c1ccc2nc(-n3cccc3)sc2c1. The molecule has 0 saturated carbocycles. The van der Waals surface area contributed by atoms with Gasteiger partial charge in [0.1, 0.15) is 5.76 Å².